The summed E-state index contributed by atoms with van der Waals surface area (Å²) in [4.78, 5) is 5.20. The van der Waals surface area contributed by atoms with Gasteiger partial charge in [-0.05, 0) is 31.0 Å². The summed E-state index contributed by atoms with van der Waals surface area (Å²) in [5, 5.41) is 8.79. The van der Waals surface area contributed by atoms with E-state index in [0.717, 1.165) is 4.47 Å². The van der Waals surface area contributed by atoms with Crippen LogP contribution in [0.4, 0.5) is 0 Å². The van der Waals surface area contributed by atoms with Gasteiger partial charge >= 0.3 is 0 Å². The number of nitrogens with zero attached hydrogens (tertiary/aromatic N) is 2. The predicted octanol–water partition coefficient (Wildman–Crippen LogP) is 1.19. The molecule has 0 aliphatic carbocycles. The van der Waals surface area contributed by atoms with Gasteiger partial charge in [0.05, 0.1) is 23.1 Å². The van der Waals surface area contributed by atoms with Crippen molar-refractivity contribution in [1.82, 2.24) is 4.47 Å². The van der Waals surface area contributed by atoms with Crippen molar-refractivity contribution in [3.8, 4) is 6.07 Å². The fourth-order valence-corrected chi connectivity index (χ4v) is 3.22. The van der Waals surface area contributed by atoms with Crippen LogP contribution in [0.2, 0.25) is 0 Å². The summed E-state index contributed by atoms with van der Waals surface area (Å²) in [5.41, 5.74) is 0.938. The predicted molar refractivity (Wildman–Crippen MR) is 60.4 cm³/mol. The first-order valence-corrected chi connectivity index (χ1v) is 6.66. The third-order valence-corrected chi connectivity index (χ3v) is 4.40. The van der Waals surface area contributed by atoms with E-state index < -0.39 is 10.0 Å². The Morgan fingerprint density at radius 1 is 1.47 bits per heavy atom. The minimum Gasteiger partial charge on any atom is -0.284 e. The number of aryl methyl sites for hydroxylation is 1. The Kier molecular flexibility index (Phi) is 3.15. The molecule has 0 unspecified atom stereocenters. The Balaban J connectivity index is 2.49. The Labute approximate surface area is 100 Å². The Bertz CT molecular complexity index is 569. The lowest BCUT2D eigenvalue weighted by Gasteiger charge is -2.15. The molecule has 1 aromatic rings. The van der Waals surface area contributed by atoms with E-state index in [2.05, 4.69) is 0 Å². The summed E-state index contributed by atoms with van der Waals surface area (Å²) in [5.74, 6) is 0. The average Bonchev–Trinajstić information content (AvgIpc) is 2.83. The molecule has 6 heteroatoms. The number of benzene rings is 1. The van der Waals surface area contributed by atoms with E-state index in [1.165, 1.54) is 6.07 Å². The van der Waals surface area contributed by atoms with Crippen molar-refractivity contribution >= 4 is 10.0 Å². The summed E-state index contributed by atoms with van der Waals surface area (Å²) in [6.07, 6.45) is 0.691. The van der Waals surface area contributed by atoms with Crippen LogP contribution in [0.15, 0.2) is 23.1 Å². The topological polar surface area (TPSA) is 70.4 Å². The van der Waals surface area contributed by atoms with Crippen molar-refractivity contribution in [2.45, 2.75) is 18.2 Å². The van der Waals surface area contributed by atoms with Crippen molar-refractivity contribution < 1.29 is 13.3 Å². The zero-order valence-corrected chi connectivity index (χ0v) is 10.2. The first kappa shape index (κ1) is 12.0. The second-order valence-corrected chi connectivity index (χ2v) is 5.61. The number of nitriles is 1. The highest BCUT2D eigenvalue weighted by molar-refractivity contribution is 7.89. The van der Waals surface area contributed by atoms with E-state index in [0.29, 0.717) is 30.7 Å². The SMILES string of the molecule is Cc1ccc(C#N)cc1S(=O)(=O)N1CCCO1. The highest BCUT2D eigenvalue weighted by Gasteiger charge is 2.30. The van der Waals surface area contributed by atoms with Gasteiger partial charge in [0.15, 0.2) is 0 Å². The van der Waals surface area contributed by atoms with Gasteiger partial charge < -0.3 is 0 Å². The van der Waals surface area contributed by atoms with Gasteiger partial charge in [-0.3, -0.25) is 4.84 Å². The zero-order chi connectivity index (χ0) is 12.5. The van der Waals surface area contributed by atoms with Crippen LogP contribution < -0.4 is 0 Å². The third-order valence-electron chi connectivity index (χ3n) is 2.58. The molecule has 1 saturated heterocycles. The number of hydrogen-bond donors (Lipinski definition) is 0. The van der Waals surface area contributed by atoms with Crippen LogP contribution in [0.5, 0.6) is 0 Å². The van der Waals surface area contributed by atoms with Crippen molar-refractivity contribution in [2.24, 2.45) is 0 Å². The molecule has 90 valence electrons. The summed E-state index contributed by atoms with van der Waals surface area (Å²) in [6, 6.07) is 6.54. The van der Waals surface area contributed by atoms with Gasteiger partial charge in [0.2, 0.25) is 0 Å². The fourth-order valence-electron chi connectivity index (χ4n) is 1.67. The van der Waals surface area contributed by atoms with Gasteiger partial charge in [-0.15, -0.1) is 0 Å². The molecule has 1 aliphatic rings. The molecular formula is C11H12N2O3S. The van der Waals surface area contributed by atoms with E-state index in [-0.39, 0.29) is 4.90 Å². The smallest absolute Gasteiger partial charge is 0.265 e. The molecule has 0 radical (unpaired) electrons. The molecule has 0 saturated carbocycles. The molecule has 1 aromatic carbocycles. The molecular weight excluding hydrogens is 240 g/mol. The minimum absolute atomic E-state index is 0.137. The van der Waals surface area contributed by atoms with Gasteiger partial charge in [-0.2, -0.15) is 5.26 Å². The highest BCUT2D eigenvalue weighted by atomic mass is 32.2. The normalized spacial score (nSPS) is 16.9. The van der Waals surface area contributed by atoms with E-state index in [4.69, 9.17) is 10.1 Å². The van der Waals surface area contributed by atoms with Gasteiger partial charge in [-0.25, -0.2) is 8.42 Å². The molecule has 5 nitrogen and oxygen atoms in total. The molecule has 0 bridgehead atoms. The maximum atomic E-state index is 12.2. The highest BCUT2D eigenvalue weighted by Crippen LogP contribution is 2.23. The van der Waals surface area contributed by atoms with Gasteiger partial charge in [0.1, 0.15) is 0 Å². The molecule has 0 aromatic heterocycles. The standard InChI is InChI=1S/C11H12N2O3S/c1-9-3-4-10(8-12)7-11(9)17(14,15)13-5-2-6-16-13/h3-4,7H,2,5-6H2,1H3. The zero-order valence-electron chi connectivity index (χ0n) is 9.38. The second kappa shape index (κ2) is 4.45. The summed E-state index contributed by atoms with van der Waals surface area (Å²) in [6.45, 7) is 2.47. The molecule has 1 fully saturated rings. The third kappa shape index (κ3) is 2.17. The molecule has 2 rings (SSSR count). The van der Waals surface area contributed by atoms with Crippen LogP contribution in [-0.4, -0.2) is 26.0 Å². The van der Waals surface area contributed by atoms with E-state index >= 15 is 0 Å². The lowest BCUT2D eigenvalue weighted by atomic mass is 10.2. The molecule has 0 N–H and O–H groups in total. The first-order valence-electron chi connectivity index (χ1n) is 5.22. The van der Waals surface area contributed by atoms with E-state index in [9.17, 15) is 8.42 Å². The quantitative estimate of drug-likeness (QED) is 0.792. The van der Waals surface area contributed by atoms with Crippen molar-refractivity contribution in [3.05, 3.63) is 29.3 Å². The largest absolute Gasteiger partial charge is 0.284 e. The number of sulfonamides is 1. The van der Waals surface area contributed by atoms with Gasteiger partial charge in [0.25, 0.3) is 10.0 Å². The van der Waals surface area contributed by atoms with Crippen LogP contribution in [-0.2, 0) is 14.9 Å². The second-order valence-electron chi connectivity index (χ2n) is 3.81. The van der Waals surface area contributed by atoms with E-state index in [1.54, 1.807) is 19.1 Å². The molecule has 1 heterocycles. The minimum atomic E-state index is -3.64. The van der Waals surface area contributed by atoms with Gasteiger partial charge in [-0.1, -0.05) is 10.5 Å². The Morgan fingerprint density at radius 3 is 2.82 bits per heavy atom. The summed E-state index contributed by atoms with van der Waals surface area (Å²) < 4.78 is 25.4. The number of hydroxylamine groups is 1. The molecule has 0 atom stereocenters. The van der Waals surface area contributed by atoms with Crippen LogP contribution in [0.1, 0.15) is 17.5 Å². The monoisotopic (exact) mass is 252 g/mol. The maximum Gasteiger partial charge on any atom is 0.265 e. The van der Waals surface area contributed by atoms with Crippen LogP contribution in [0.3, 0.4) is 0 Å². The number of rotatable bonds is 2. The molecule has 17 heavy (non-hydrogen) atoms. The summed E-state index contributed by atoms with van der Waals surface area (Å²) >= 11 is 0. The number of hydrogen-bond acceptors (Lipinski definition) is 4. The molecule has 0 amide bonds. The van der Waals surface area contributed by atoms with Crippen LogP contribution in [0, 0.1) is 18.3 Å². The fraction of sp³-hybridized carbons (Fsp3) is 0.364. The molecule has 1 aliphatic heterocycles. The van der Waals surface area contributed by atoms with Gasteiger partial charge in [0, 0.05) is 6.54 Å². The lowest BCUT2D eigenvalue weighted by molar-refractivity contribution is -0.0284. The Morgan fingerprint density at radius 2 is 2.24 bits per heavy atom. The van der Waals surface area contributed by atoms with Crippen molar-refractivity contribution in [1.29, 1.82) is 5.26 Å². The van der Waals surface area contributed by atoms with Crippen LogP contribution in [0.25, 0.3) is 0 Å². The van der Waals surface area contributed by atoms with Crippen molar-refractivity contribution in [2.75, 3.05) is 13.2 Å². The average molecular weight is 252 g/mol. The lowest BCUT2D eigenvalue weighted by Crippen LogP contribution is -2.27. The molecule has 0 spiro atoms. The summed E-state index contributed by atoms with van der Waals surface area (Å²) in [7, 11) is -3.64. The van der Waals surface area contributed by atoms with Crippen molar-refractivity contribution in [3.63, 3.8) is 0 Å². The maximum absolute atomic E-state index is 12.2. The first-order chi connectivity index (χ1) is 8.05. The Hall–Kier alpha value is -1.42. The van der Waals surface area contributed by atoms with Crippen LogP contribution >= 0.6 is 0 Å². The van der Waals surface area contributed by atoms with E-state index in [1.807, 2.05) is 6.07 Å².